The predicted molar refractivity (Wildman–Crippen MR) is 95.1 cm³/mol. The summed E-state index contributed by atoms with van der Waals surface area (Å²) in [5, 5.41) is 17.0. The number of alkyl halides is 2. The summed E-state index contributed by atoms with van der Waals surface area (Å²) in [5.74, 6) is -0.717. The van der Waals surface area contributed by atoms with Crippen molar-refractivity contribution in [1.82, 2.24) is 9.78 Å². The summed E-state index contributed by atoms with van der Waals surface area (Å²) in [6.45, 7) is -3.28. The van der Waals surface area contributed by atoms with E-state index in [2.05, 4.69) is 5.10 Å². The van der Waals surface area contributed by atoms with Crippen LogP contribution in [0.15, 0.2) is 41.4 Å². The Morgan fingerprint density at radius 2 is 1.93 bits per heavy atom. The molecule has 11 heteroatoms. The number of rotatable bonds is 6. The summed E-state index contributed by atoms with van der Waals surface area (Å²) in [7, 11) is -3.08. The Labute approximate surface area is 158 Å². The summed E-state index contributed by atoms with van der Waals surface area (Å²) in [6, 6.07) is 8.95. The van der Waals surface area contributed by atoms with E-state index in [0.717, 1.165) is 6.07 Å². The molecule has 0 radical (unpaired) electrons. The van der Waals surface area contributed by atoms with Crippen molar-refractivity contribution < 1.29 is 31.8 Å². The average Bonchev–Trinajstić information content (AvgIpc) is 3.03. The van der Waals surface area contributed by atoms with E-state index >= 15 is 0 Å². The third-order valence-corrected chi connectivity index (χ3v) is 5.02. The molecule has 3 N–H and O–H groups in total. The van der Waals surface area contributed by atoms with Crippen LogP contribution in [0.3, 0.4) is 0 Å². The third-order valence-electron chi connectivity index (χ3n) is 4.09. The Hall–Kier alpha value is -3.05. The van der Waals surface area contributed by atoms with E-state index < -0.39 is 27.6 Å². The molecule has 3 aromatic rings. The number of hydrogen-bond acceptors (Lipinski definition) is 5. The Morgan fingerprint density at radius 1 is 1.29 bits per heavy atom. The maximum absolute atomic E-state index is 13.3. The number of carbonyl (C=O) groups is 1. The van der Waals surface area contributed by atoms with Crippen LogP contribution in [0.5, 0.6) is 5.75 Å². The van der Waals surface area contributed by atoms with Crippen LogP contribution in [0.25, 0.3) is 10.9 Å². The highest BCUT2D eigenvalue weighted by Gasteiger charge is 2.28. The van der Waals surface area contributed by atoms with Gasteiger partial charge in [0.15, 0.2) is 5.03 Å². The van der Waals surface area contributed by atoms with E-state index in [4.69, 9.17) is 9.88 Å². The van der Waals surface area contributed by atoms with Gasteiger partial charge in [0.1, 0.15) is 5.75 Å². The minimum absolute atomic E-state index is 0.0108. The number of carboxylic acid groups (broad SMARTS) is 1. The van der Waals surface area contributed by atoms with E-state index in [-0.39, 0.29) is 33.1 Å². The van der Waals surface area contributed by atoms with Crippen molar-refractivity contribution in [3.63, 3.8) is 0 Å². The van der Waals surface area contributed by atoms with Crippen molar-refractivity contribution in [3.8, 4) is 5.75 Å². The van der Waals surface area contributed by atoms with Gasteiger partial charge in [-0.1, -0.05) is 12.1 Å². The van der Waals surface area contributed by atoms with E-state index in [1.807, 2.05) is 0 Å². The number of fused-ring (bicyclic) bond motifs is 1. The number of sulfonamides is 1. The highest BCUT2D eigenvalue weighted by molar-refractivity contribution is 7.89. The second kappa shape index (κ2) is 7.17. The van der Waals surface area contributed by atoms with Crippen molar-refractivity contribution in [2.75, 3.05) is 7.11 Å². The van der Waals surface area contributed by atoms with Crippen molar-refractivity contribution in [1.29, 1.82) is 0 Å². The second-order valence-corrected chi connectivity index (χ2v) is 7.41. The van der Waals surface area contributed by atoms with Crippen LogP contribution >= 0.6 is 0 Å². The van der Waals surface area contributed by atoms with Gasteiger partial charge in [0.05, 0.1) is 18.2 Å². The van der Waals surface area contributed by atoms with Gasteiger partial charge < -0.3 is 9.84 Å². The molecular weight excluding hydrogens is 396 g/mol. The van der Waals surface area contributed by atoms with E-state index in [1.54, 1.807) is 24.3 Å². The molecule has 0 aliphatic heterocycles. The SMILES string of the molecule is COc1ccc(Cc2cc(C(=O)O)cc3nn(C(F)F)c(S(N)(=O)=O)c23)cc1. The minimum atomic E-state index is -4.57. The lowest BCUT2D eigenvalue weighted by Gasteiger charge is -2.09. The van der Waals surface area contributed by atoms with Crippen LogP contribution in [-0.4, -0.2) is 36.4 Å². The maximum Gasteiger partial charge on any atom is 0.335 e. The van der Waals surface area contributed by atoms with E-state index in [0.29, 0.717) is 11.3 Å². The summed E-state index contributed by atoms with van der Waals surface area (Å²) in [4.78, 5) is 11.4. The molecule has 2 aromatic carbocycles. The molecule has 0 amide bonds. The number of carboxylic acids is 1. The lowest BCUT2D eigenvalue weighted by atomic mass is 9.99. The van der Waals surface area contributed by atoms with Crippen LogP contribution in [0.1, 0.15) is 28.0 Å². The van der Waals surface area contributed by atoms with Crippen LogP contribution in [-0.2, 0) is 16.4 Å². The highest BCUT2D eigenvalue weighted by atomic mass is 32.2. The number of halogens is 2. The van der Waals surface area contributed by atoms with E-state index in [1.165, 1.54) is 13.2 Å². The Balaban J connectivity index is 2.30. The number of primary sulfonamides is 1. The van der Waals surface area contributed by atoms with E-state index in [9.17, 15) is 27.1 Å². The molecule has 0 atom stereocenters. The van der Waals surface area contributed by atoms with Gasteiger partial charge in [-0.25, -0.2) is 18.4 Å². The number of ether oxygens (including phenoxy) is 1. The first-order chi connectivity index (χ1) is 13.1. The van der Waals surface area contributed by atoms with Gasteiger partial charge in [-0.15, -0.1) is 0 Å². The molecule has 1 heterocycles. The van der Waals surface area contributed by atoms with Gasteiger partial charge in [-0.2, -0.15) is 18.6 Å². The van der Waals surface area contributed by atoms with Crippen LogP contribution < -0.4 is 9.88 Å². The van der Waals surface area contributed by atoms with Gasteiger partial charge in [-0.3, -0.25) is 0 Å². The molecule has 28 heavy (non-hydrogen) atoms. The summed E-state index contributed by atoms with van der Waals surface area (Å²) < 4.78 is 55.7. The quantitative estimate of drug-likeness (QED) is 0.642. The average molecular weight is 411 g/mol. The smallest absolute Gasteiger partial charge is 0.335 e. The fourth-order valence-corrected chi connectivity index (χ4v) is 3.82. The number of aromatic nitrogens is 2. The molecule has 148 valence electrons. The largest absolute Gasteiger partial charge is 0.497 e. The standard InChI is InChI=1S/C17H15F2N3O5S/c1-27-12-4-2-9(3-5-12)6-10-7-11(16(23)24)8-13-14(10)15(28(20,25)26)22(21-13)17(18)19/h2-5,7-8,17H,6H2,1H3,(H,23,24)(H2,20,25,26). The third kappa shape index (κ3) is 3.66. The Bertz CT molecular complexity index is 1160. The fourth-order valence-electron chi connectivity index (χ4n) is 2.92. The van der Waals surface area contributed by atoms with Crippen molar-refractivity contribution in [2.45, 2.75) is 18.0 Å². The van der Waals surface area contributed by atoms with Crippen LogP contribution in [0, 0.1) is 0 Å². The van der Waals surface area contributed by atoms with Gasteiger partial charge >= 0.3 is 12.5 Å². The zero-order valence-electron chi connectivity index (χ0n) is 14.5. The number of methoxy groups -OCH3 is 1. The van der Waals surface area contributed by atoms with Crippen LogP contribution in [0.2, 0.25) is 0 Å². The number of aromatic carboxylic acids is 1. The zero-order valence-corrected chi connectivity index (χ0v) is 15.3. The normalized spacial score (nSPS) is 11.9. The Morgan fingerprint density at radius 3 is 2.43 bits per heavy atom. The first-order valence-corrected chi connectivity index (χ1v) is 9.38. The molecular formula is C17H15F2N3O5S. The van der Waals surface area contributed by atoms with Crippen LogP contribution in [0.4, 0.5) is 8.78 Å². The van der Waals surface area contributed by atoms with Crippen molar-refractivity contribution >= 4 is 26.9 Å². The molecule has 0 spiro atoms. The van der Waals surface area contributed by atoms with Gasteiger partial charge in [-0.05, 0) is 41.8 Å². The predicted octanol–water partition coefficient (Wildman–Crippen LogP) is 2.38. The van der Waals surface area contributed by atoms with Crippen molar-refractivity contribution in [3.05, 3.63) is 53.1 Å². The zero-order chi connectivity index (χ0) is 20.6. The molecule has 0 fully saturated rings. The molecule has 1 aromatic heterocycles. The molecule has 0 aliphatic rings. The summed E-state index contributed by atoms with van der Waals surface area (Å²) >= 11 is 0. The second-order valence-electron chi connectivity index (χ2n) is 5.93. The molecule has 0 bridgehead atoms. The monoisotopic (exact) mass is 411 g/mol. The van der Waals surface area contributed by atoms with Gasteiger partial charge in [0, 0.05) is 5.39 Å². The highest BCUT2D eigenvalue weighted by Crippen LogP contribution is 2.32. The molecule has 3 rings (SSSR count). The van der Waals surface area contributed by atoms with Gasteiger partial charge in [0.2, 0.25) is 0 Å². The maximum atomic E-state index is 13.3. The van der Waals surface area contributed by atoms with Crippen molar-refractivity contribution in [2.24, 2.45) is 5.14 Å². The number of benzene rings is 2. The number of nitrogens with two attached hydrogens (primary N) is 1. The minimum Gasteiger partial charge on any atom is -0.497 e. The molecule has 0 aliphatic carbocycles. The number of hydrogen-bond donors (Lipinski definition) is 2. The summed E-state index contributed by atoms with van der Waals surface area (Å²) in [5.41, 5.74) is 0.453. The van der Waals surface area contributed by atoms with Gasteiger partial charge in [0.25, 0.3) is 10.0 Å². The first kappa shape index (κ1) is 19.7. The summed E-state index contributed by atoms with van der Waals surface area (Å²) in [6.07, 6.45) is 0.0685. The number of nitrogens with zero attached hydrogens (tertiary/aromatic N) is 2. The lowest BCUT2D eigenvalue weighted by Crippen LogP contribution is -2.19. The fraction of sp³-hybridized carbons (Fsp3) is 0.176. The topological polar surface area (TPSA) is 125 Å². The Kier molecular flexibility index (Phi) is 5.04. The molecule has 0 saturated carbocycles. The first-order valence-electron chi connectivity index (χ1n) is 7.84. The lowest BCUT2D eigenvalue weighted by molar-refractivity contribution is 0.0477. The molecule has 0 unspecified atom stereocenters. The molecule has 0 saturated heterocycles. The molecule has 8 nitrogen and oxygen atoms in total.